The van der Waals surface area contributed by atoms with Crippen molar-refractivity contribution in [2.75, 3.05) is 19.7 Å². The summed E-state index contributed by atoms with van der Waals surface area (Å²) in [5, 5.41) is 8.64. The molecule has 1 heterocycles. The van der Waals surface area contributed by atoms with Crippen LogP contribution in [0.3, 0.4) is 0 Å². The molecule has 2 aromatic carbocycles. The van der Waals surface area contributed by atoms with Crippen molar-refractivity contribution in [2.45, 2.75) is 103 Å². The monoisotopic (exact) mass is 620 g/mol. The minimum Gasteiger partial charge on any atom is -0.449 e. The number of carbonyl (C=O) groups excluding carboxylic acids is 4. The summed E-state index contributed by atoms with van der Waals surface area (Å²) in [7, 11) is 0. The Morgan fingerprint density at radius 3 is 2.13 bits per heavy atom. The molecule has 0 saturated carbocycles. The zero-order valence-corrected chi connectivity index (χ0v) is 27.4. The quantitative estimate of drug-likeness (QED) is 0.302. The summed E-state index contributed by atoms with van der Waals surface area (Å²) >= 11 is 0. The number of fused-ring (bicyclic) bond motifs is 3. The van der Waals surface area contributed by atoms with Crippen molar-refractivity contribution >= 4 is 24.0 Å². The van der Waals surface area contributed by atoms with Gasteiger partial charge in [-0.05, 0) is 95.9 Å². The number of carbonyl (C=O) groups is 4. The van der Waals surface area contributed by atoms with Crippen molar-refractivity contribution in [2.24, 2.45) is 0 Å². The van der Waals surface area contributed by atoms with Gasteiger partial charge in [0, 0.05) is 24.5 Å². The van der Waals surface area contributed by atoms with E-state index in [9.17, 15) is 19.2 Å². The van der Waals surface area contributed by atoms with Gasteiger partial charge >= 0.3 is 12.2 Å². The maximum Gasteiger partial charge on any atom is 0.410 e. The fraction of sp³-hybridized carbons (Fsp3) is 0.543. The Morgan fingerprint density at radius 2 is 1.53 bits per heavy atom. The molecule has 2 aliphatic rings. The first-order chi connectivity index (χ1) is 21.2. The van der Waals surface area contributed by atoms with Gasteiger partial charge in [-0.15, -0.1) is 0 Å². The van der Waals surface area contributed by atoms with Crippen LogP contribution in [0.1, 0.15) is 90.7 Å². The topological polar surface area (TPSA) is 126 Å². The Bertz CT molecular complexity index is 1330. The molecular formula is C35H48N4O6. The second-order valence-electron chi connectivity index (χ2n) is 13.9. The first-order valence-electron chi connectivity index (χ1n) is 15.9. The van der Waals surface area contributed by atoms with Crippen LogP contribution in [0, 0.1) is 0 Å². The summed E-state index contributed by atoms with van der Waals surface area (Å²) in [5.41, 5.74) is 3.49. The predicted octanol–water partition coefficient (Wildman–Crippen LogP) is 5.49. The molecule has 2 unspecified atom stereocenters. The third-order valence-electron chi connectivity index (χ3n) is 7.85. The zero-order valence-electron chi connectivity index (χ0n) is 27.4. The molecule has 0 bridgehead atoms. The Kier molecular flexibility index (Phi) is 10.8. The molecule has 10 heteroatoms. The highest BCUT2D eigenvalue weighted by atomic mass is 16.6. The lowest BCUT2D eigenvalue weighted by Crippen LogP contribution is -2.56. The van der Waals surface area contributed by atoms with Gasteiger partial charge in [-0.3, -0.25) is 14.5 Å². The average molecular weight is 621 g/mol. The standard InChI is InChI=1S/C35H48N4O6/c1-34(2,3)38-30(40)28(37-31(41)29-19-13-21-39(29)33(43)45-35(4,5)6)18-11-12-20-36-32(42)44-22-27-25-16-9-7-14-23(25)24-15-8-10-17-26(24)27/h7-10,14-17,27-29H,11-13,18-22H2,1-6H3,(H,36,42)(H,37,41)(H,38,40). The average Bonchev–Trinajstić information content (AvgIpc) is 3.57. The second-order valence-corrected chi connectivity index (χ2v) is 13.9. The molecule has 4 amide bonds. The van der Waals surface area contributed by atoms with Gasteiger partial charge in [0.2, 0.25) is 11.8 Å². The van der Waals surface area contributed by atoms with Gasteiger partial charge in [0.05, 0.1) is 0 Å². The molecule has 1 aliphatic carbocycles. The lowest BCUT2D eigenvalue weighted by molar-refractivity contribution is -0.132. The molecule has 10 nitrogen and oxygen atoms in total. The predicted molar refractivity (Wildman–Crippen MR) is 173 cm³/mol. The maximum atomic E-state index is 13.3. The van der Waals surface area contributed by atoms with Gasteiger partial charge in [0.1, 0.15) is 24.3 Å². The second kappa shape index (κ2) is 14.3. The van der Waals surface area contributed by atoms with E-state index in [0.29, 0.717) is 45.2 Å². The van der Waals surface area contributed by atoms with E-state index in [0.717, 1.165) is 11.1 Å². The zero-order chi connectivity index (χ0) is 32.8. The van der Waals surface area contributed by atoms with Crippen molar-refractivity contribution in [1.29, 1.82) is 0 Å². The summed E-state index contributed by atoms with van der Waals surface area (Å²) < 4.78 is 11.1. The number of amides is 4. The van der Waals surface area contributed by atoms with E-state index in [2.05, 4.69) is 40.2 Å². The molecule has 3 N–H and O–H groups in total. The minimum absolute atomic E-state index is 0.0139. The Labute approximate surface area is 266 Å². The molecule has 2 atom stereocenters. The van der Waals surface area contributed by atoms with Gasteiger partial charge in [0.15, 0.2) is 0 Å². The normalized spacial score (nSPS) is 16.8. The molecular weight excluding hydrogens is 572 g/mol. The molecule has 1 aliphatic heterocycles. The van der Waals surface area contributed by atoms with E-state index in [1.807, 2.05) is 45.0 Å². The number of benzene rings is 2. The number of hydrogen-bond donors (Lipinski definition) is 3. The first kappa shape index (κ1) is 33.8. The van der Waals surface area contributed by atoms with Crippen LogP contribution in [0.4, 0.5) is 9.59 Å². The molecule has 4 rings (SSSR count). The van der Waals surface area contributed by atoms with E-state index < -0.39 is 35.4 Å². The fourth-order valence-electron chi connectivity index (χ4n) is 5.89. The van der Waals surface area contributed by atoms with Crippen LogP contribution in [0.15, 0.2) is 48.5 Å². The number of nitrogens with one attached hydrogen (secondary N) is 3. The number of alkyl carbamates (subject to hydrolysis) is 1. The fourth-order valence-corrected chi connectivity index (χ4v) is 5.89. The lowest BCUT2D eigenvalue weighted by Gasteiger charge is -2.30. The number of ether oxygens (including phenoxy) is 2. The minimum atomic E-state index is -0.785. The summed E-state index contributed by atoms with van der Waals surface area (Å²) in [6.07, 6.45) is 1.70. The molecule has 0 spiro atoms. The van der Waals surface area contributed by atoms with Gasteiger partial charge < -0.3 is 25.4 Å². The van der Waals surface area contributed by atoms with Crippen LogP contribution in [0.2, 0.25) is 0 Å². The van der Waals surface area contributed by atoms with Gasteiger partial charge in [0.25, 0.3) is 0 Å². The smallest absolute Gasteiger partial charge is 0.410 e. The molecule has 1 fully saturated rings. The molecule has 1 saturated heterocycles. The van der Waals surface area contributed by atoms with E-state index in [-0.39, 0.29) is 24.3 Å². The van der Waals surface area contributed by atoms with Crippen molar-refractivity contribution in [1.82, 2.24) is 20.9 Å². The van der Waals surface area contributed by atoms with Crippen molar-refractivity contribution in [3.63, 3.8) is 0 Å². The van der Waals surface area contributed by atoms with Crippen LogP contribution >= 0.6 is 0 Å². The van der Waals surface area contributed by atoms with E-state index in [1.54, 1.807) is 20.8 Å². The first-order valence-corrected chi connectivity index (χ1v) is 15.9. The Balaban J connectivity index is 1.26. The third kappa shape index (κ3) is 9.22. The summed E-state index contributed by atoms with van der Waals surface area (Å²) in [6, 6.07) is 14.9. The molecule has 0 radical (unpaired) electrons. The van der Waals surface area contributed by atoms with Crippen LogP contribution < -0.4 is 16.0 Å². The van der Waals surface area contributed by atoms with Crippen LogP contribution in [0.5, 0.6) is 0 Å². The summed E-state index contributed by atoms with van der Waals surface area (Å²) in [4.78, 5) is 53.2. The van der Waals surface area contributed by atoms with Crippen molar-refractivity contribution in [3.8, 4) is 11.1 Å². The highest BCUT2D eigenvalue weighted by Gasteiger charge is 2.38. The molecule has 2 aromatic rings. The van der Waals surface area contributed by atoms with Gasteiger partial charge in [-0.1, -0.05) is 48.5 Å². The van der Waals surface area contributed by atoms with E-state index >= 15 is 0 Å². The highest BCUT2D eigenvalue weighted by Crippen LogP contribution is 2.44. The number of rotatable bonds is 10. The van der Waals surface area contributed by atoms with E-state index in [1.165, 1.54) is 16.0 Å². The number of hydrogen-bond acceptors (Lipinski definition) is 6. The Morgan fingerprint density at radius 1 is 0.911 bits per heavy atom. The molecule has 244 valence electrons. The van der Waals surface area contributed by atoms with Crippen LogP contribution in [-0.2, 0) is 19.1 Å². The van der Waals surface area contributed by atoms with Crippen molar-refractivity contribution in [3.05, 3.63) is 59.7 Å². The van der Waals surface area contributed by atoms with Gasteiger partial charge in [-0.2, -0.15) is 0 Å². The number of unbranched alkanes of at least 4 members (excludes halogenated alkanes) is 1. The summed E-state index contributed by atoms with van der Waals surface area (Å²) in [5.74, 6) is -0.675. The van der Waals surface area contributed by atoms with Gasteiger partial charge in [-0.25, -0.2) is 9.59 Å². The van der Waals surface area contributed by atoms with E-state index in [4.69, 9.17) is 9.47 Å². The summed E-state index contributed by atoms with van der Waals surface area (Å²) in [6.45, 7) is 12.0. The number of nitrogens with zero attached hydrogens (tertiary/aromatic N) is 1. The lowest BCUT2D eigenvalue weighted by atomic mass is 9.98. The molecule has 45 heavy (non-hydrogen) atoms. The van der Waals surface area contributed by atoms with Crippen LogP contribution in [0.25, 0.3) is 11.1 Å². The highest BCUT2D eigenvalue weighted by molar-refractivity contribution is 5.91. The Hall–Kier alpha value is -4.08. The van der Waals surface area contributed by atoms with Crippen molar-refractivity contribution < 1.29 is 28.7 Å². The number of likely N-dealkylation sites (tertiary alicyclic amines) is 1. The molecule has 0 aromatic heterocycles. The van der Waals surface area contributed by atoms with Crippen LogP contribution in [-0.4, -0.2) is 71.8 Å². The third-order valence-corrected chi connectivity index (χ3v) is 7.85. The maximum absolute atomic E-state index is 13.3. The largest absolute Gasteiger partial charge is 0.449 e. The SMILES string of the molecule is CC(C)(C)NC(=O)C(CCCCNC(=O)OCC1c2ccccc2-c2ccccc21)NC(=O)C1CCCN1C(=O)OC(C)(C)C.